The molecule has 98 valence electrons. The highest BCUT2D eigenvalue weighted by Crippen LogP contribution is 2.23. The summed E-state index contributed by atoms with van der Waals surface area (Å²) in [5.41, 5.74) is 0.213. The predicted octanol–water partition coefficient (Wildman–Crippen LogP) is 1.56. The molecule has 18 heavy (non-hydrogen) atoms. The number of rotatable bonds is 5. The van der Waals surface area contributed by atoms with Crippen LogP contribution >= 0.6 is 15.9 Å². The van der Waals surface area contributed by atoms with Crippen LogP contribution < -0.4 is 9.44 Å². The summed E-state index contributed by atoms with van der Waals surface area (Å²) in [6.45, 7) is 0. The lowest BCUT2D eigenvalue weighted by Gasteiger charge is -2.09. The molecule has 0 bridgehead atoms. The van der Waals surface area contributed by atoms with Crippen LogP contribution in [0.1, 0.15) is 23.2 Å². The molecule has 0 atom stereocenters. The Morgan fingerprint density at radius 2 is 2.06 bits per heavy atom. The van der Waals surface area contributed by atoms with E-state index in [-0.39, 0.29) is 17.3 Å². The number of aromatic carboxylic acids is 1. The molecular weight excluding hydrogens is 324 g/mol. The summed E-state index contributed by atoms with van der Waals surface area (Å²) in [5, 5.41) is 8.92. The lowest BCUT2D eigenvalue weighted by atomic mass is 10.2. The van der Waals surface area contributed by atoms with Gasteiger partial charge < -0.3 is 5.11 Å². The second-order valence-corrected chi connectivity index (χ2v) is 6.30. The molecule has 0 spiro atoms. The van der Waals surface area contributed by atoms with Crippen molar-refractivity contribution in [3.05, 3.63) is 28.2 Å². The number of benzene rings is 1. The SMILES string of the molecule is O=C(O)c1cc(NS(=O)(=O)NC2CC2)ccc1Br. The van der Waals surface area contributed by atoms with E-state index in [2.05, 4.69) is 25.4 Å². The number of nitrogens with one attached hydrogen (secondary N) is 2. The van der Waals surface area contributed by atoms with Gasteiger partial charge in [0.15, 0.2) is 0 Å². The molecule has 8 heteroatoms. The topological polar surface area (TPSA) is 95.5 Å². The van der Waals surface area contributed by atoms with E-state index in [4.69, 9.17) is 5.11 Å². The van der Waals surface area contributed by atoms with Crippen molar-refractivity contribution in [1.29, 1.82) is 0 Å². The summed E-state index contributed by atoms with van der Waals surface area (Å²) in [4.78, 5) is 10.9. The monoisotopic (exact) mass is 334 g/mol. The van der Waals surface area contributed by atoms with Gasteiger partial charge in [-0.15, -0.1) is 0 Å². The van der Waals surface area contributed by atoms with Crippen molar-refractivity contribution < 1.29 is 18.3 Å². The standard InChI is InChI=1S/C10H11BrN2O4S/c11-9-4-3-7(5-8(9)10(14)15)13-18(16,17)12-6-1-2-6/h3-6,12-13H,1-2H2,(H,14,15). The average molecular weight is 335 g/mol. The van der Waals surface area contributed by atoms with E-state index in [1.807, 2.05) is 0 Å². The van der Waals surface area contributed by atoms with Gasteiger partial charge in [0.2, 0.25) is 0 Å². The molecule has 0 heterocycles. The second kappa shape index (κ2) is 4.87. The molecule has 6 nitrogen and oxygen atoms in total. The molecule has 3 N–H and O–H groups in total. The number of hydrogen-bond acceptors (Lipinski definition) is 3. The lowest BCUT2D eigenvalue weighted by molar-refractivity contribution is 0.0696. The van der Waals surface area contributed by atoms with Crippen molar-refractivity contribution in [2.24, 2.45) is 0 Å². The fourth-order valence-corrected chi connectivity index (χ4v) is 2.94. The van der Waals surface area contributed by atoms with Gasteiger partial charge in [0.25, 0.3) is 10.2 Å². The number of anilines is 1. The Morgan fingerprint density at radius 1 is 1.39 bits per heavy atom. The van der Waals surface area contributed by atoms with E-state index < -0.39 is 16.2 Å². The van der Waals surface area contributed by atoms with E-state index in [1.54, 1.807) is 0 Å². The molecule has 1 aliphatic rings. The Bertz CT molecular complexity index is 584. The van der Waals surface area contributed by atoms with E-state index in [0.717, 1.165) is 12.8 Å². The van der Waals surface area contributed by atoms with Gasteiger partial charge in [-0.25, -0.2) is 4.79 Å². The van der Waals surface area contributed by atoms with Gasteiger partial charge in [-0.05, 0) is 47.0 Å². The van der Waals surface area contributed by atoms with Gasteiger partial charge in [0.05, 0.1) is 11.3 Å². The van der Waals surface area contributed by atoms with Crippen LogP contribution in [0.15, 0.2) is 22.7 Å². The van der Waals surface area contributed by atoms with Gasteiger partial charge in [-0.3, -0.25) is 4.72 Å². The molecule has 2 rings (SSSR count). The molecule has 1 aliphatic carbocycles. The molecule has 0 unspecified atom stereocenters. The van der Waals surface area contributed by atoms with Crippen LogP contribution in [0, 0.1) is 0 Å². The zero-order valence-electron chi connectivity index (χ0n) is 9.18. The molecule has 1 aromatic rings. The Kier molecular flexibility index (Phi) is 3.60. The zero-order chi connectivity index (χ0) is 13.3. The largest absolute Gasteiger partial charge is 0.478 e. The Hall–Kier alpha value is -1.12. The molecule has 0 saturated heterocycles. The minimum absolute atomic E-state index is 0.00150. The number of carboxylic acid groups (broad SMARTS) is 1. The highest BCUT2D eigenvalue weighted by molar-refractivity contribution is 9.10. The Balaban J connectivity index is 2.18. The van der Waals surface area contributed by atoms with Crippen LogP contribution in [-0.4, -0.2) is 25.5 Å². The first kappa shape index (κ1) is 13.3. The van der Waals surface area contributed by atoms with Crippen LogP contribution in [-0.2, 0) is 10.2 Å². The number of halogens is 1. The minimum atomic E-state index is -3.63. The van der Waals surface area contributed by atoms with Crippen molar-refractivity contribution in [2.75, 3.05) is 4.72 Å². The number of carboxylic acids is 1. The first-order valence-corrected chi connectivity index (χ1v) is 7.48. The Labute approximate surface area is 113 Å². The number of carbonyl (C=O) groups is 1. The van der Waals surface area contributed by atoms with Gasteiger partial charge in [0.1, 0.15) is 0 Å². The quantitative estimate of drug-likeness (QED) is 0.761. The molecule has 1 fully saturated rings. The van der Waals surface area contributed by atoms with Gasteiger partial charge in [0, 0.05) is 10.5 Å². The fourth-order valence-electron chi connectivity index (χ4n) is 1.36. The number of hydrogen-bond donors (Lipinski definition) is 3. The first-order valence-electron chi connectivity index (χ1n) is 5.20. The lowest BCUT2D eigenvalue weighted by Crippen LogP contribution is -2.31. The molecule has 0 aromatic heterocycles. The van der Waals surface area contributed by atoms with Gasteiger partial charge >= 0.3 is 5.97 Å². The third-order valence-electron chi connectivity index (χ3n) is 2.35. The minimum Gasteiger partial charge on any atom is -0.478 e. The first-order chi connectivity index (χ1) is 8.37. The smallest absolute Gasteiger partial charge is 0.336 e. The van der Waals surface area contributed by atoms with Crippen molar-refractivity contribution in [3.63, 3.8) is 0 Å². The normalized spacial score (nSPS) is 15.4. The average Bonchev–Trinajstić information content (AvgIpc) is 3.03. The van der Waals surface area contributed by atoms with Crippen molar-refractivity contribution in [2.45, 2.75) is 18.9 Å². The maximum absolute atomic E-state index is 11.6. The summed E-state index contributed by atoms with van der Waals surface area (Å²) in [7, 11) is -3.63. The predicted molar refractivity (Wildman–Crippen MR) is 69.8 cm³/mol. The summed E-state index contributed by atoms with van der Waals surface area (Å²) in [6, 6.07) is 4.23. The summed E-state index contributed by atoms with van der Waals surface area (Å²) in [5.74, 6) is -1.13. The summed E-state index contributed by atoms with van der Waals surface area (Å²) >= 11 is 3.09. The molecule has 1 aromatic carbocycles. The molecule has 0 radical (unpaired) electrons. The van der Waals surface area contributed by atoms with Crippen molar-refractivity contribution >= 4 is 37.8 Å². The van der Waals surface area contributed by atoms with Crippen LogP contribution in [0.3, 0.4) is 0 Å². The van der Waals surface area contributed by atoms with E-state index >= 15 is 0 Å². The van der Waals surface area contributed by atoms with Gasteiger partial charge in [-0.2, -0.15) is 13.1 Å². The third-order valence-corrected chi connectivity index (χ3v) is 4.19. The van der Waals surface area contributed by atoms with Crippen molar-refractivity contribution in [1.82, 2.24) is 4.72 Å². The second-order valence-electron chi connectivity index (χ2n) is 4.00. The molecule has 1 saturated carbocycles. The maximum atomic E-state index is 11.6. The highest BCUT2D eigenvalue weighted by atomic mass is 79.9. The van der Waals surface area contributed by atoms with Crippen LogP contribution in [0.25, 0.3) is 0 Å². The third kappa shape index (κ3) is 3.44. The van der Waals surface area contributed by atoms with E-state index in [0.29, 0.717) is 4.47 Å². The van der Waals surface area contributed by atoms with Crippen LogP contribution in [0.5, 0.6) is 0 Å². The van der Waals surface area contributed by atoms with Gasteiger partial charge in [-0.1, -0.05) is 0 Å². The molecule has 0 aliphatic heterocycles. The summed E-state index contributed by atoms with van der Waals surface area (Å²) < 4.78 is 28.4. The zero-order valence-corrected chi connectivity index (χ0v) is 11.6. The molecule has 0 amide bonds. The van der Waals surface area contributed by atoms with Crippen molar-refractivity contribution in [3.8, 4) is 0 Å². The fraction of sp³-hybridized carbons (Fsp3) is 0.300. The van der Waals surface area contributed by atoms with E-state index in [1.165, 1.54) is 18.2 Å². The molecular formula is C10H11BrN2O4S. The maximum Gasteiger partial charge on any atom is 0.336 e. The highest BCUT2D eigenvalue weighted by Gasteiger charge is 2.26. The van der Waals surface area contributed by atoms with Crippen LogP contribution in [0.2, 0.25) is 0 Å². The van der Waals surface area contributed by atoms with E-state index in [9.17, 15) is 13.2 Å². The summed E-state index contributed by atoms with van der Waals surface area (Å²) in [6.07, 6.45) is 1.67. The van der Waals surface area contributed by atoms with Crippen LogP contribution in [0.4, 0.5) is 5.69 Å². The Morgan fingerprint density at radius 3 is 2.61 bits per heavy atom.